The Morgan fingerprint density at radius 1 is 1.43 bits per heavy atom. The van der Waals surface area contributed by atoms with Gasteiger partial charge in [0.05, 0.1) is 6.61 Å². The summed E-state index contributed by atoms with van der Waals surface area (Å²) in [5.74, 6) is -0.0141. The summed E-state index contributed by atoms with van der Waals surface area (Å²) in [5, 5.41) is 29.9. The Morgan fingerprint density at radius 2 is 2.22 bits per heavy atom. The van der Waals surface area contributed by atoms with Crippen molar-refractivity contribution >= 4 is 25.4 Å². The third kappa shape index (κ3) is 3.44. The minimum atomic E-state index is -4.53. The quantitative estimate of drug-likeness (QED) is 0.332. The van der Waals surface area contributed by atoms with Crippen molar-refractivity contribution < 1.29 is 18.9 Å². The minimum absolute atomic E-state index is 0.0141. The van der Waals surface area contributed by atoms with Crippen LogP contribution in [0, 0.1) is 10.4 Å². The van der Waals surface area contributed by atoms with Crippen LogP contribution in [0.4, 0.5) is 5.69 Å². The standard InChI is InChI=1S/C13H15N3O6P/c17-15-11-7-9-3-1-4-10(9)8-12(11)16(18)14-13(15)5-2-6-22-23(19,20)21/h3,7-8H,1-2,4-6H2,(H2,19,20,21)/q-1. The summed E-state index contributed by atoms with van der Waals surface area (Å²) in [5.41, 5.74) is 1.25. The Hall–Kier alpha value is -1.77. The van der Waals surface area contributed by atoms with E-state index in [2.05, 4.69) is 9.63 Å². The summed E-state index contributed by atoms with van der Waals surface area (Å²) in [6, 6.07) is 3.36. The molecule has 0 spiro atoms. The maximum Gasteiger partial charge on any atom is 0.469 e. The van der Waals surface area contributed by atoms with Gasteiger partial charge in [-0.1, -0.05) is 6.08 Å². The Balaban J connectivity index is 1.80. The highest BCUT2D eigenvalue weighted by molar-refractivity contribution is 7.46. The average Bonchev–Trinajstić information content (AvgIpc) is 2.93. The zero-order valence-corrected chi connectivity index (χ0v) is 13.0. The number of hydroxylamine groups is 1. The van der Waals surface area contributed by atoms with Crippen LogP contribution in [-0.4, -0.2) is 22.2 Å². The number of aryl methyl sites for hydroxylation is 1. The van der Waals surface area contributed by atoms with Crippen molar-refractivity contribution in [1.82, 2.24) is 4.85 Å². The van der Waals surface area contributed by atoms with Crippen LogP contribution < -0.4 is 20.5 Å². The lowest BCUT2D eigenvalue weighted by Gasteiger charge is -2.31. The summed E-state index contributed by atoms with van der Waals surface area (Å²) in [6.45, 7) is -0.235. The van der Waals surface area contributed by atoms with Gasteiger partial charge in [0.25, 0.3) is 5.36 Å². The molecule has 3 rings (SSSR count). The molecule has 0 amide bonds. The smallest absolute Gasteiger partial charge is 0.469 e. The summed E-state index contributed by atoms with van der Waals surface area (Å²) < 4.78 is 14.9. The number of fused-ring (bicyclic) bond motifs is 2. The predicted molar refractivity (Wildman–Crippen MR) is 83.6 cm³/mol. The van der Waals surface area contributed by atoms with Gasteiger partial charge in [-0.15, -0.1) is 0 Å². The number of hydrogen-bond donors (Lipinski definition) is 2. The van der Waals surface area contributed by atoms with Crippen molar-refractivity contribution in [1.29, 1.82) is 0 Å². The van der Waals surface area contributed by atoms with Gasteiger partial charge in [0.1, 0.15) is 5.69 Å². The monoisotopic (exact) mass is 340 g/mol. The Bertz CT molecular complexity index is 831. The van der Waals surface area contributed by atoms with Gasteiger partial charge in [-0.2, -0.15) is 0 Å². The number of phosphoric acid groups is 1. The highest BCUT2D eigenvalue weighted by Gasteiger charge is 2.21. The summed E-state index contributed by atoms with van der Waals surface area (Å²) in [7, 11) is -4.53. The fourth-order valence-electron chi connectivity index (χ4n) is 2.65. The Labute approximate surface area is 131 Å². The number of nitrogens with zero attached hydrogens (tertiary/aromatic N) is 3. The molecule has 1 aromatic rings. The maximum absolute atomic E-state index is 12.4. The first-order valence-corrected chi connectivity index (χ1v) is 8.60. The van der Waals surface area contributed by atoms with Crippen molar-refractivity contribution in [2.45, 2.75) is 25.7 Å². The van der Waals surface area contributed by atoms with Gasteiger partial charge < -0.3 is 25.3 Å². The molecular weight excluding hydrogens is 325 g/mol. The molecule has 0 unspecified atom stereocenters. The molecule has 23 heavy (non-hydrogen) atoms. The summed E-state index contributed by atoms with van der Waals surface area (Å²) in [4.78, 5) is 17.6. The number of rotatable bonds is 5. The fraction of sp³-hybridized carbons (Fsp3) is 0.385. The third-order valence-corrected chi connectivity index (χ3v) is 4.20. The summed E-state index contributed by atoms with van der Waals surface area (Å²) in [6.07, 6.45) is 3.96. The van der Waals surface area contributed by atoms with Crippen molar-refractivity contribution in [2.75, 3.05) is 11.7 Å². The van der Waals surface area contributed by atoms with Crippen molar-refractivity contribution in [2.24, 2.45) is 5.10 Å². The highest BCUT2D eigenvalue weighted by atomic mass is 31.2. The van der Waals surface area contributed by atoms with Gasteiger partial charge in [-0.05, 0) is 41.0 Å². The van der Waals surface area contributed by atoms with E-state index in [4.69, 9.17) is 9.79 Å². The van der Waals surface area contributed by atoms with E-state index in [1.165, 1.54) is 0 Å². The second kappa shape index (κ2) is 6.03. The molecular formula is C13H15N3O6P-. The largest absolute Gasteiger partial charge is 0.753 e. The minimum Gasteiger partial charge on any atom is -0.753 e. The van der Waals surface area contributed by atoms with E-state index in [0.29, 0.717) is 9.91 Å². The van der Waals surface area contributed by atoms with Crippen LogP contribution in [0.15, 0.2) is 17.2 Å². The molecule has 2 aliphatic rings. The molecule has 0 fully saturated rings. The zero-order valence-electron chi connectivity index (χ0n) is 12.1. The molecule has 9 nitrogen and oxygen atoms in total. The first-order valence-electron chi connectivity index (χ1n) is 7.07. The van der Waals surface area contributed by atoms with E-state index in [1.54, 1.807) is 12.1 Å². The SMILES string of the molecule is O=P(O)(O)OCCCC1=N[N+]([O-])=c2cc3c(cc2N1[O-])=CCC3. The van der Waals surface area contributed by atoms with E-state index in [1.807, 2.05) is 6.08 Å². The molecule has 0 radical (unpaired) electrons. The summed E-state index contributed by atoms with van der Waals surface area (Å²) >= 11 is 0. The topological polar surface area (TPSA) is 131 Å². The number of anilines is 1. The molecule has 10 heteroatoms. The lowest BCUT2D eigenvalue weighted by molar-refractivity contribution is 0.196. The van der Waals surface area contributed by atoms with E-state index < -0.39 is 7.82 Å². The van der Waals surface area contributed by atoms with Crippen LogP contribution in [-0.2, 0) is 15.5 Å². The maximum atomic E-state index is 12.4. The molecule has 0 aromatic heterocycles. The number of hydrazone groups is 1. The second-order valence-corrected chi connectivity index (χ2v) is 6.53. The van der Waals surface area contributed by atoms with Crippen LogP contribution in [0.2, 0.25) is 0 Å². The number of phosphoric ester groups is 1. The highest BCUT2D eigenvalue weighted by Crippen LogP contribution is 2.35. The van der Waals surface area contributed by atoms with Gasteiger partial charge in [-0.3, -0.25) is 4.52 Å². The number of hydrogen-bond acceptors (Lipinski definition) is 6. The molecule has 2 N–H and O–H groups in total. The molecule has 1 aromatic carbocycles. The van der Waals surface area contributed by atoms with E-state index in [9.17, 15) is 15.0 Å². The molecule has 0 saturated carbocycles. The van der Waals surface area contributed by atoms with Gasteiger partial charge in [0.2, 0.25) is 0 Å². The molecule has 124 valence electrons. The van der Waals surface area contributed by atoms with Gasteiger partial charge in [0, 0.05) is 17.6 Å². The van der Waals surface area contributed by atoms with Crippen molar-refractivity contribution in [3.8, 4) is 0 Å². The normalized spacial score (nSPS) is 16.7. The van der Waals surface area contributed by atoms with E-state index in [-0.39, 0.29) is 36.3 Å². The van der Waals surface area contributed by atoms with Crippen LogP contribution in [0.25, 0.3) is 6.08 Å². The van der Waals surface area contributed by atoms with Crippen LogP contribution in [0.5, 0.6) is 0 Å². The zero-order chi connectivity index (χ0) is 16.6. The molecule has 1 aliphatic carbocycles. The van der Waals surface area contributed by atoms with Crippen molar-refractivity contribution in [3.05, 3.63) is 38.7 Å². The van der Waals surface area contributed by atoms with Crippen LogP contribution >= 0.6 is 7.82 Å². The average molecular weight is 340 g/mol. The number of benzene rings is 1. The predicted octanol–water partition coefficient (Wildman–Crippen LogP) is -0.0770. The van der Waals surface area contributed by atoms with Gasteiger partial charge in [0.15, 0.2) is 5.84 Å². The van der Waals surface area contributed by atoms with E-state index >= 15 is 0 Å². The van der Waals surface area contributed by atoms with Crippen molar-refractivity contribution in [3.63, 3.8) is 0 Å². The Morgan fingerprint density at radius 3 is 2.96 bits per heavy atom. The molecule has 1 heterocycles. The lowest BCUT2D eigenvalue weighted by atomic mass is 10.1. The number of amidine groups is 1. The third-order valence-electron chi connectivity index (χ3n) is 3.68. The van der Waals surface area contributed by atoms with E-state index in [0.717, 1.165) is 23.6 Å². The first kappa shape index (κ1) is 16.1. The molecule has 0 atom stereocenters. The molecule has 0 saturated heterocycles. The van der Waals surface area contributed by atoms with Crippen LogP contribution in [0.3, 0.4) is 0 Å². The molecule has 1 aliphatic heterocycles. The van der Waals surface area contributed by atoms with Gasteiger partial charge >= 0.3 is 7.82 Å². The Kier molecular flexibility index (Phi) is 4.22. The fourth-order valence-corrected chi connectivity index (χ4v) is 3.01. The van der Waals surface area contributed by atoms with Crippen LogP contribution in [0.1, 0.15) is 24.8 Å². The first-order chi connectivity index (χ1) is 10.8. The second-order valence-electron chi connectivity index (χ2n) is 5.29. The van der Waals surface area contributed by atoms with Gasteiger partial charge in [-0.25, -0.2) is 4.57 Å². The molecule has 0 bridgehead atoms. The lowest BCUT2D eigenvalue weighted by Crippen LogP contribution is -2.40.